The Morgan fingerprint density at radius 2 is 2.19 bits per heavy atom. The number of anilines is 1. The number of likely N-dealkylation sites (N-methyl/N-ethyl adjacent to an activating group) is 1. The summed E-state index contributed by atoms with van der Waals surface area (Å²) in [5.74, 6) is -0.742. The van der Waals surface area contributed by atoms with Gasteiger partial charge in [-0.05, 0) is 36.6 Å². The van der Waals surface area contributed by atoms with Gasteiger partial charge in [0, 0.05) is 36.8 Å². The largest absolute Gasteiger partial charge is 0.374 e. The average Bonchev–Trinajstić information content (AvgIpc) is 3.25. The predicted octanol–water partition coefficient (Wildman–Crippen LogP) is 2.53. The van der Waals surface area contributed by atoms with Crippen molar-refractivity contribution in [3.63, 3.8) is 0 Å². The van der Waals surface area contributed by atoms with Crippen LogP contribution in [0.4, 0.5) is 5.69 Å². The lowest BCUT2D eigenvalue weighted by Crippen LogP contribution is -2.39. The van der Waals surface area contributed by atoms with Crippen LogP contribution in [-0.2, 0) is 11.2 Å². The molecule has 0 spiro atoms. The third kappa shape index (κ3) is 3.88. The first-order valence-corrected chi connectivity index (χ1v) is 9.75. The van der Waals surface area contributed by atoms with Gasteiger partial charge in [-0.2, -0.15) is 0 Å². The number of nitrogens with two attached hydrogens (primary N) is 1. The highest BCUT2D eigenvalue weighted by molar-refractivity contribution is 7.13. The molecule has 1 aliphatic rings. The zero-order valence-corrected chi connectivity index (χ0v) is 16.0. The summed E-state index contributed by atoms with van der Waals surface area (Å²) in [6.07, 6.45) is 2.79. The predicted molar refractivity (Wildman–Crippen MR) is 105 cm³/mol. The van der Waals surface area contributed by atoms with Crippen molar-refractivity contribution >= 4 is 28.8 Å². The molecule has 6 nitrogen and oxygen atoms in total. The van der Waals surface area contributed by atoms with Crippen LogP contribution in [0.25, 0.3) is 10.6 Å². The van der Waals surface area contributed by atoms with Gasteiger partial charge in [-0.15, -0.1) is 11.3 Å². The summed E-state index contributed by atoms with van der Waals surface area (Å²) in [6, 6.07) is 6.32. The van der Waals surface area contributed by atoms with Gasteiger partial charge in [0.05, 0.1) is 6.54 Å². The molecule has 0 saturated heterocycles. The third-order valence-corrected chi connectivity index (χ3v) is 5.48. The highest BCUT2D eigenvalue weighted by Crippen LogP contribution is 2.32. The Balaban J connectivity index is 1.80. The average molecular weight is 372 g/mol. The van der Waals surface area contributed by atoms with Crippen LogP contribution >= 0.6 is 11.3 Å². The molecule has 26 heavy (non-hydrogen) atoms. The molecule has 0 unspecified atom stereocenters. The van der Waals surface area contributed by atoms with Crippen molar-refractivity contribution in [3.05, 3.63) is 34.8 Å². The molecule has 1 aromatic heterocycles. The molecule has 3 rings (SSSR count). The summed E-state index contributed by atoms with van der Waals surface area (Å²) in [7, 11) is 2.09. The quantitative estimate of drug-likeness (QED) is 0.810. The Bertz CT molecular complexity index is 818. The summed E-state index contributed by atoms with van der Waals surface area (Å²) < 4.78 is 0. The Morgan fingerprint density at radius 3 is 2.92 bits per heavy atom. The number of unbranched alkanes of at least 4 members (excludes halogenated alkanes) is 1. The van der Waals surface area contributed by atoms with E-state index in [1.54, 1.807) is 5.38 Å². The standard InChI is InChI=1S/C19H24N4O2S/c1-3-4-8-23(11-17(20)24)19(25)15-12-26-18(21-15)14-5-6-16-13(10-14)7-9-22(16)2/h5-6,10,12H,3-4,7-9,11H2,1-2H3,(H2,20,24). The molecule has 2 heterocycles. The van der Waals surface area contributed by atoms with Crippen LogP contribution in [0, 0.1) is 0 Å². The van der Waals surface area contributed by atoms with Crippen LogP contribution < -0.4 is 10.6 Å². The van der Waals surface area contributed by atoms with Crippen LogP contribution in [0.5, 0.6) is 0 Å². The zero-order chi connectivity index (χ0) is 18.7. The second-order valence-corrected chi connectivity index (χ2v) is 7.46. The van der Waals surface area contributed by atoms with Crippen LogP contribution in [0.1, 0.15) is 35.8 Å². The summed E-state index contributed by atoms with van der Waals surface area (Å²) in [4.78, 5) is 32.2. The fraction of sp³-hybridized carbons (Fsp3) is 0.421. The molecule has 2 aromatic rings. The minimum atomic E-state index is -0.507. The maximum Gasteiger partial charge on any atom is 0.273 e. The van der Waals surface area contributed by atoms with E-state index in [0.29, 0.717) is 12.2 Å². The number of rotatable bonds is 7. The van der Waals surface area contributed by atoms with E-state index < -0.39 is 5.91 Å². The second-order valence-electron chi connectivity index (χ2n) is 6.60. The lowest BCUT2D eigenvalue weighted by atomic mass is 10.1. The van der Waals surface area contributed by atoms with Gasteiger partial charge in [0.1, 0.15) is 10.7 Å². The molecule has 0 bridgehead atoms. The lowest BCUT2D eigenvalue weighted by molar-refractivity contribution is -0.118. The number of fused-ring (bicyclic) bond motifs is 1. The molecule has 0 aliphatic carbocycles. The van der Waals surface area contributed by atoms with E-state index in [0.717, 1.165) is 36.4 Å². The van der Waals surface area contributed by atoms with Gasteiger partial charge in [0.15, 0.2) is 0 Å². The van der Waals surface area contributed by atoms with E-state index in [2.05, 4.69) is 29.1 Å². The Hall–Kier alpha value is -2.41. The first-order valence-electron chi connectivity index (χ1n) is 8.87. The van der Waals surface area contributed by atoms with E-state index >= 15 is 0 Å². The molecule has 2 amide bonds. The Labute approximate surface area is 157 Å². The number of amides is 2. The van der Waals surface area contributed by atoms with Crippen molar-refractivity contribution in [1.29, 1.82) is 0 Å². The van der Waals surface area contributed by atoms with Crippen LogP contribution in [0.15, 0.2) is 23.6 Å². The molecule has 7 heteroatoms. The molecular formula is C19H24N4O2S. The smallest absolute Gasteiger partial charge is 0.273 e. The zero-order valence-electron chi connectivity index (χ0n) is 15.2. The van der Waals surface area contributed by atoms with Crippen molar-refractivity contribution in [2.24, 2.45) is 5.73 Å². The molecule has 0 fully saturated rings. The van der Waals surface area contributed by atoms with E-state index in [1.165, 1.54) is 27.5 Å². The van der Waals surface area contributed by atoms with Gasteiger partial charge < -0.3 is 15.5 Å². The number of aromatic nitrogens is 1. The number of carbonyl (C=O) groups excluding carboxylic acids is 2. The van der Waals surface area contributed by atoms with Gasteiger partial charge in [-0.25, -0.2) is 4.98 Å². The molecule has 0 saturated carbocycles. The van der Waals surface area contributed by atoms with Gasteiger partial charge in [0.2, 0.25) is 5.91 Å². The normalized spacial score (nSPS) is 12.9. The van der Waals surface area contributed by atoms with Crippen molar-refractivity contribution in [2.75, 3.05) is 31.6 Å². The molecular weight excluding hydrogens is 348 g/mol. The fourth-order valence-corrected chi connectivity index (χ4v) is 3.95. The maximum absolute atomic E-state index is 12.7. The number of hydrogen-bond donors (Lipinski definition) is 1. The topological polar surface area (TPSA) is 79.5 Å². The number of nitrogens with zero attached hydrogens (tertiary/aromatic N) is 3. The van der Waals surface area contributed by atoms with Crippen molar-refractivity contribution in [2.45, 2.75) is 26.2 Å². The monoisotopic (exact) mass is 372 g/mol. The van der Waals surface area contributed by atoms with E-state index in [1.807, 2.05) is 13.0 Å². The number of primary amides is 1. The van der Waals surface area contributed by atoms with Gasteiger partial charge in [-0.3, -0.25) is 9.59 Å². The van der Waals surface area contributed by atoms with Gasteiger partial charge in [0.25, 0.3) is 5.91 Å². The molecule has 2 N–H and O–H groups in total. The van der Waals surface area contributed by atoms with Gasteiger partial charge >= 0.3 is 0 Å². The van der Waals surface area contributed by atoms with Crippen molar-refractivity contribution in [3.8, 4) is 10.6 Å². The van der Waals surface area contributed by atoms with E-state index in [4.69, 9.17) is 5.73 Å². The number of benzene rings is 1. The third-order valence-electron chi connectivity index (χ3n) is 4.59. The van der Waals surface area contributed by atoms with Crippen molar-refractivity contribution < 1.29 is 9.59 Å². The minimum absolute atomic E-state index is 0.0725. The summed E-state index contributed by atoms with van der Waals surface area (Å²) >= 11 is 1.45. The van der Waals surface area contributed by atoms with Crippen molar-refractivity contribution in [1.82, 2.24) is 9.88 Å². The highest BCUT2D eigenvalue weighted by Gasteiger charge is 2.21. The first-order chi connectivity index (χ1) is 12.5. The van der Waals surface area contributed by atoms with E-state index in [-0.39, 0.29) is 12.5 Å². The fourth-order valence-electron chi connectivity index (χ4n) is 3.16. The maximum atomic E-state index is 12.7. The Kier molecular flexibility index (Phi) is 5.56. The van der Waals surface area contributed by atoms with E-state index in [9.17, 15) is 9.59 Å². The molecule has 0 atom stereocenters. The molecule has 1 aromatic carbocycles. The number of carbonyl (C=O) groups is 2. The highest BCUT2D eigenvalue weighted by atomic mass is 32.1. The molecule has 1 aliphatic heterocycles. The van der Waals surface area contributed by atoms with Gasteiger partial charge in [-0.1, -0.05) is 13.3 Å². The minimum Gasteiger partial charge on any atom is -0.374 e. The summed E-state index contributed by atoms with van der Waals surface area (Å²) in [6.45, 7) is 3.51. The lowest BCUT2D eigenvalue weighted by Gasteiger charge is -2.19. The number of hydrogen-bond acceptors (Lipinski definition) is 5. The summed E-state index contributed by atoms with van der Waals surface area (Å²) in [5.41, 5.74) is 9.26. The molecule has 138 valence electrons. The summed E-state index contributed by atoms with van der Waals surface area (Å²) in [5, 5.41) is 2.58. The van der Waals surface area contributed by atoms with Crippen LogP contribution in [-0.4, -0.2) is 48.4 Å². The second kappa shape index (κ2) is 7.86. The van der Waals surface area contributed by atoms with Crippen LogP contribution in [0.2, 0.25) is 0 Å². The Morgan fingerprint density at radius 1 is 1.38 bits per heavy atom. The first kappa shape index (κ1) is 18.4. The molecule has 0 radical (unpaired) electrons. The SMILES string of the molecule is CCCCN(CC(N)=O)C(=O)c1csc(-c2ccc3c(c2)CCN3C)n1. The van der Waals surface area contributed by atoms with Crippen LogP contribution in [0.3, 0.4) is 0 Å². The number of thiazole rings is 1.